The summed E-state index contributed by atoms with van der Waals surface area (Å²) >= 11 is 0. The van der Waals surface area contributed by atoms with Crippen molar-refractivity contribution in [2.45, 2.75) is 56.9 Å². The molecule has 0 spiro atoms. The van der Waals surface area contributed by atoms with Crippen molar-refractivity contribution in [3.8, 4) is 11.5 Å². The Hall–Kier alpha value is -3.12. The Labute approximate surface area is 226 Å². The second-order valence-corrected chi connectivity index (χ2v) is 11.4. The molecule has 5 rings (SSSR count). The molecule has 6 nitrogen and oxygen atoms in total. The van der Waals surface area contributed by atoms with Gasteiger partial charge in [-0.25, -0.2) is 0 Å². The molecule has 1 heterocycles. The maximum absolute atomic E-state index is 13.3. The van der Waals surface area contributed by atoms with Gasteiger partial charge in [-0.1, -0.05) is 24.3 Å². The van der Waals surface area contributed by atoms with E-state index in [1.54, 1.807) is 13.2 Å². The summed E-state index contributed by atoms with van der Waals surface area (Å²) in [6, 6.07) is 16.0. The maximum atomic E-state index is 13.3. The number of carbonyl (C=O) groups is 2. The van der Waals surface area contributed by atoms with Crippen molar-refractivity contribution in [2.24, 2.45) is 11.8 Å². The molecule has 38 heavy (non-hydrogen) atoms. The van der Waals surface area contributed by atoms with Crippen LogP contribution >= 0.6 is 0 Å². The third kappa shape index (κ3) is 5.96. The lowest BCUT2D eigenvalue weighted by Gasteiger charge is -2.54. The van der Waals surface area contributed by atoms with Gasteiger partial charge in [0.1, 0.15) is 11.5 Å². The van der Waals surface area contributed by atoms with Gasteiger partial charge in [-0.3, -0.25) is 9.59 Å². The number of methoxy groups -OCH3 is 1. The Kier molecular flexibility index (Phi) is 7.89. The first-order valence-electron chi connectivity index (χ1n) is 14.0. The Morgan fingerprint density at radius 1 is 1.08 bits per heavy atom. The van der Waals surface area contributed by atoms with Crippen molar-refractivity contribution in [2.75, 3.05) is 33.8 Å². The summed E-state index contributed by atoms with van der Waals surface area (Å²) in [6.45, 7) is 4.84. The minimum absolute atomic E-state index is 0.0197. The molecule has 2 aromatic carbocycles. The number of likely N-dealkylation sites (N-methyl/N-ethyl adjacent to an activating group) is 1. The van der Waals surface area contributed by atoms with Gasteiger partial charge in [0.2, 0.25) is 5.91 Å². The zero-order valence-corrected chi connectivity index (χ0v) is 22.9. The Morgan fingerprint density at radius 3 is 2.63 bits per heavy atom. The van der Waals surface area contributed by atoms with E-state index in [4.69, 9.17) is 9.47 Å². The van der Waals surface area contributed by atoms with E-state index in [9.17, 15) is 9.59 Å². The molecule has 1 amide bonds. The van der Waals surface area contributed by atoms with E-state index in [0.29, 0.717) is 11.7 Å². The molecule has 202 valence electrons. The van der Waals surface area contributed by atoms with Crippen molar-refractivity contribution in [3.63, 3.8) is 0 Å². The number of amides is 1. The number of carbonyl (C=O) groups excluding carboxylic acids is 2. The van der Waals surface area contributed by atoms with Crippen molar-refractivity contribution in [1.29, 1.82) is 0 Å². The van der Waals surface area contributed by atoms with Crippen LogP contribution in [-0.2, 0) is 15.0 Å². The Morgan fingerprint density at radius 2 is 1.87 bits per heavy atom. The van der Waals surface area contributed by atoms with Crippen LogP contribution in [0.15, 0.2) is 54.6 Å². The third-order valence-electron chi connectivity index (χ3n) is 8.87. The summed E-state index contributed by atoms with van der Waals surface area (Å²) in [5.74, 6) is 2.51. The number of piperidine rings is 1. The van der Waals surface area contributed by atoms with Gasteiger partial charge in [0.05, 0.1) is 7.11 Å². The zero-order valence-electron chi connectivity index (χ0n) is 22.9. The summed E-state index contributed by atoms with van der Waals surface area (Å²) in [6.07, 6.45) is 10.3. The molecule has 6 heteroatoms. The van der Waals surface area contributed by atoms with Crippen molar-refractivity contribution >= 4 is 18.0 Å². The number of fused-ring (bicyclic) bond motifs is 1. The first-order chi connectivity index (χ1) is 18.4. The lowest BCUT2D eigenvalue weighted by Crippen LogP contribution is -2.56. The van der Waals surface area contributed by atoms with E-state index >= 15 is 0 Å². The second kappa shape index (κ2) is 11.3. The van der Waals surface area contributed by atoms with Gasteiger partial charge in [0, 0.05) is 44.6 Å². The maximum Gasteiger partial charge on any atom is 0.308 e. The standard InChI is InChI=1S/C32H40N2O4/c1-23(35)38-30-9-5-7-26(19-30)32-16-17-34(21-25-10-11-25)22-27(32)13-14-28(20-32)33(2)31(36)15-12-24-6-4-8-29(18-24)37-3/h4-9,12,15,18-19,25,27-28H,10-11,13-14,16-17,20-22H2,1-3H3/t27-,28-,32+/m1/s1. The number of likely N-dealkylation sites (tertiary alicyclic amines) is 1. The molecular weight excluding hydrogens is 476 g/mol. The van der Waals surface area contributed by atoms with Crippen LogP contribution in [0.2, 0.25) is 0 Å². The Balaban J connectivity index is 1.36. The molecule has 2 saturated carbocycles. The first-order valence-corrected chi connectivity index (χ1v) is 14.0. The molecular formula is C32H40N2O4. The van der Waals surface area contributed by atoms with Gasteiger partial charge in [-0.05, 0) is 98.4 Å². The molecule has 3 fully saturated rings. The minimum Gasteiger partial charge on any atom is -0.497 e. The van der Waals surface area contributed by atoms with E-state index in [1.165, 1.54) is 31.9 Å². The molecule has 0 bridgehead atoms. The van der Waals surface area contributed by atoms with Gasteiger partial charge in [-0.2, -0.15) is 0 Å². The van der Waals surface area contributed by atoms with Crippen LogP contribution in [-0.4, -0.2) is 61.5 Å². The fourth-order valence-corrected chi connectivity index (χ4v) is 6.60. The molecule has 2 aromatic rings. The van der Waals surface area contributed by atoms with E-state index in [0.717, 1.165) is 56.0 Å². The van der Waals surface area contributed by atoms with Gasteiger partial charge in [0.25, 0.3) is 0 Å². The smallest absolute Gasteiger partial charge is 0.308 e. The molecule has 0 aromatic heterocycles. The first kappa shape index (κ1) is 26.5. The number of hydrogen-bond acceptors (Lipinski definition) is 5. The lowest BCUT2D eigenvalue weighted by molar-refractivity contribution is -0.132. The molecule has 0 unspecified atom stereocenters. The highest BCUT2D eigenvalue weighted by Crippen LogP contribution is 2.51. The van der Waals surface area contributed by atoms with E-state index < -0.39 is 0 Å². The number of nitrogens with zero attached hydrogens (tertiary/aromatic N) is 2. The average molecular weight is 517 g/mol. The van der Waals surface area contributed by atoms with Crippen LogP contribution in [0.4, 0.5) is 0 Å². The van der Waals surface area contributed by atoms with Crippen molar-refractivity contribution < 1.29 is 19.1 Å². The normalized spacial score (nSPS) is 25.6. The zero-order chi connectivity index (χ0) is 26.7. The SMILES string of the molecule is COc1cccc(C=CC(=O)N(C)[C@@H]2CC[C@@H]3CN(CC4CC4)CC[C@@]3(c3cccc(OC(C)=O)c3)C2)c1. The van der Waals surface area contributed by atoms with Crippen LogP contribution in [0.1, 0.15) is 56.6 Å². The summed E-state index contributed by atoms with van der Waals surface area (Å²) in [4.78, 5) is 29.5. The van der Waals surface area contributed by atoms with Crippen LogP contribution in [0.5, 0.6) is 11.5 Å². The van der Waals surface area contributed by atoms with Crippen molar-refractivity contribution in [3.05, 3.63) is 65.7 Å². The molecule has 1 saturated heterocycles. The minimum atomic E-state index is -0.301. The monoisotopic (exact) mass is 516 g/mol. The lowest BCUT2D eigenvalue weighted by atomic mass is 9.57. The summed E-state index contributed by atoms with van der Waals surface area (Å²) in [7, 11) is 3.58. The highest BCUT2D eigenvalue weighted by atomic mass is 16.5. The summed E-state index contributed by atoms with van der Waals surface area (Å²) in [5.41, 5.74) is 2.14. The van der Waals surface area contributed by atoms with Crippen LogP contribution in [0.3, 0.4) is 0 Å². The highest BCUT2D eigenvalue weighted by molar-refractivity contribution is 5.91. The molecule has 1 aliphatic heterocycles. The van der Waals surface area contributed by atoms with E-state index in [-0.39, 0.29) is 23.3 Å². The average Bonchev–Trinajstić information content (AvgIpc) is 3.75. The van der Waals surface area contributed by atoms with Gasteiger partial charge in [0.15, 0.2) is 0 Å². The predicted molar refractivity (Wildman–Crippen MR) is 149 cm³/mol. The number of benzene rings is 2. The molecule has 0 radical (unpaired) electrons. The topological polar surface area (TPSA) is 59.1 Å². The van der Waals surface area contributed by atoms with Crippen LogP contribution in [0.25, 0.3) is 6.08 Å². The van der Waals surface area contributed by atoms with Crippen LogP contribution < -0.4 is 9.47 Å². The van der Waals surface area contributed by atoms with Gasteiger partial charge >= 0.3 is 5.97 Å². The summed E-state index contributed by atoms with van der Waals surface area (Å²) in [5, 5.41) is 0. The quantitative estimate of drug-likeness (QED) is 0.270. The number of ether oxygens (including phenoxy) is 2. The van der Waals surface area contributed by atoms with E-state index in [1.807, 2.05) is 54.4 Å². The fourth-order valence-electron chi connectivity index (χ4n) is 6.60. The highest BCUT2D eigenvalue weighted by Gasteiger charge is 2.49. The second-order valence-electron chi connectivity index (χ2n) is 11.4. The molecule has 3 atom stereocenters. The fraction of sp³-hybridized carbons (Fsp3) is 0.500. The number of esters is 1. The number of hydrogen-bond donors (Lipinski definition) is 0. The van der Waals surface area contributed by atoms with E-state index in [2.05, 4.69) is 17.0 Å². The van der Waals surface area contributed by atoms with Crippen LogP contribution in [0, 0.1) is 11.8 Å². The summed E-state index contributed by atoms with van der Waals surface area (Å²) < 4.78 is 10.8. The number of rotatable bonds is 8. The Bertz CT molecular complexity index is 1190. The largest absolute Gasteiger partial charge is 0.497 e. The molecule has 2 aliphatic carbocycles. The third-order valence-corrected chi connectivity index (χ3v) is 8.87. The van der Waals surface area contributed by atoms with Crippen molar-refractivity contribution in [1.82, 2.24) is 9.80 Å². The molecule has 3 aliphatic rings. The predicted octanol–water partition coefficient (Wildman–Crippen LogP) is 5.31. The van der Waals surface area contributed by atoms with Gasteiger partial charge < -0.3 is 19.3 Å². The van der Waals surface area contributed by atoms with Gasteiger partial charge in [-0.15, -0.1) is 0 Å². The molecule has 0 N–H and O–H groups in total.